The SMILES string of the molecule is CCNC(=NCc1ccc(S(N)(=O)=O)s1)NCCc1ccccc1OC. The van der Waals surface area contributed by atoms with Crippen molar-refractivity contribution in [2.24, 2.45) is 10.1 Å². The molecule has 2 rings (SSSR count). The van der Waals surface area contributed by atoms with E-state index in [1.165, 1.54) is 6.07 Å². The molecule has 0 saturated heterocycles. The zero-order valence-corrected chi connectivity index (χ0v) is 16.5. The molecule has 0 amide bonds. The van der Waals surface area contributed by atoms with Crippen molar-refractivity contribution in [3.05, 3.63) is 46.8 Å². The van der Waals surface area contributed by atoms with Gasteiger partial charge in [0.1, 0.15) is 9.96 Å². The number of hydrogen-bond acceptors (Lipinski definition) is 5. The molecular weight excluding hydrogens is 372 g/mol. The van der Waals surface area contributed by atoms with Gasteiger partial charge in [-0.2, -0.15) is 0 Å². The van der Waals surface area contributed by atoms with E-state index >= 15 is 0 Å². The summed E-state index contributed by atoms with van der Waals surface area (Å²) < 4.78 is 28.2. The van der Waals surface area contributed by atoms with Gasteiger partial charge in [-0.05, 0) is 37.1 Å². The van der Waals surface area contributed by atoms with Crippen molar-refractivity contribution in [3.8, 4) is 5.75 Å². The lowest BCUT2D eigenvalue weighted by molar-refractivity contribution is 0.409. The van der Waals surface area contributed by atoms with Crippen LogP contribution >= 0.6 is 11.3 Å². The monoisotopic (exact) mass is 396 g/mol. The molecule has 0 unspecified atom stereocenters. The number of rotatable bonds is 8. The molecule has 7 nitrogen and oxygen atoms in total. The van der Waals surface area contributed by atoms with Gasteiger partial charge >= 0.3 is 0 Å². The summed E-state index contributed by atoms with van der Waals surface area (Å²) >= 11 is 1.13. The van der Waals surface area contributed by atoms with E-state index in [1.54, 1.807) is 13.2 Å². The Labute approximate surface area is 158 Å². The smallest absolute Gasteiger partial charge is 0.247 e. The number of benzene rings is 1. The molecule has 26 heavy (non-hydrogen) atoms. The highest BCUT2D eigenvalue weighted by Gasteiger charge is 2.11. The zero-order chi connectivity index (χ0) is 19.0. The Morgan fingerprint density at radius 3 is 2.65 bits per heavy atom. The van der Waals surface area contributed by atoms with Crippen LogP contribution in [0.25, 0.3) is 0 Å². The summed E-state index contributed by atoms with van der Waals surface area (Å²) in [6.45, 7) is 3.79. The first-order valence-corrected chi connectivity index (χ1v) is 10.6. The Balaban J connectivity index is 1.95. The van der Waals surface area contributed by atoms with E-state index in [0.29, 0.717) is 19.0 Å². The maximum absolute atomic E-state index is 11.3. The molecule has 142 valence electrons. The molecule has 1 aromatic carbocycles. The summed E-state index contributed by atoms with van der Waals surface area (Å²) in [6, 6.07) is 11.1. The predicted octanol–water partition coefficient (Wildman–Crippen LogP) is 1.70. The van der Waals surface area contributed by atoms with Gasteiger partial charge < -0.3 is 15.4 Å². The van der Waals surface area contributed by atoms with Gasteiger partial charge in [0, 0.05) is 18.0 Å². The molecule has 4 N–H and O–H groups in total. The fourth-order valence-electron chi connectivity index (χ4n) is 2.32. The molecule has 1 aromatic heterocycles. The Hall–Kier alpha value is -2.10. The number of hydrogen-bond donors (Lipinski definition) is 3. The maximum atomic E-state index is 11.3. The molecule has 0 aliphatic rings. The lowest BCUT2D eigenvalue weighted by atomic mass is 10.1. The van der Waals surface area contributed by atoms with Crippen molar-refractivity contribution < 1.29 is 13.2 Å². The fraction of sp³-hybridized carbons (Fsp3) is 0.353. The highest BCUT2D eigenvalue weighted by atomic mass is 32.2. The topological polar surface area (TPSA) is 106 Å². The molecule has 9 heteroatoms. The van der Waals surface area contributed by atoms with Gasteiger partial charge in [-0.25, -0.2) is 18.5 Å². The second kappa shape index (κ2) is 9.56. The third-order valence-electron chi connectivity index (χ3n) is 3.53. The van der Waals surface area contributed by atoms with Gasteiger partial charge in [-0.15, -0.1) is 11.3 Å². The quantitative estimate of drug-likeness (QED) is 0.465. The molecule has 0 spiro atoms. The third-order valence-corrected chi connectivity index (χ3v) is 6.04. The van der Waals surface area contributed by atoms with E-state index in [4.69, 9.17) is 9.88 Å². The van der Waals surface area contributed by atoms with E-state index < -0.39 is 10.0 Å². The van der Waals surface area contributed by atoms with Gasteiger partial charge in [0.2, 0.25) is 10.0 Å². The number of nitrogens with two attached hydrogens (primary N) is 1. The summed E-state index contributed by atoms with van der Waals surface area (Å²) in [5.41, 5.74) is 1.12. The first-order chi connectivity index (χ1) is 12.4. The van der Waals surface area contributed by atoms with Crippen LogP contribution in [0.15, 0.2) is 45.6 Å². The van der Waals surface area contributed by atoms with Crippen LogP contribution in [0.1, 0.15) is 17.4 Å². The number of primary sulfonamides is 1. The molecule has 0 fully saturated rings. The van der Waals surface area contributed by atoms with Crippen LogP contribution in [0.4, 0.5) is 0 Å². The highest BCUT2D eigenvalue weighted by Crippen LogP contribution is 2.21. The van der Waals surface area contributed by atoms with Crippen molar-refractivity contribution in [3.63, 3.8) is 0 Å². The summed E-state index contributed by atoms with van der Waals surface area (Å²) in [6.07, 6.45) is 0.795. The number of aliphatic imine (C=N–C) groups is 1. The predicted molar refractivity (Wildman–Crippen MR) is 105 cm³/mol. The first kappa shape index (κ1) is 20.2. The molecular formula is C17H24N4O3S2. The Morgan fingerprint density at radius 2 is 2.00 bits per heavy atom. The average molecular weight is 397 g/mol. The molecule has 0 bridgehead atoms. The number of ether oxygens (including phenoxy) is 1. The highest BCUT2D eigenvalue weighted by molar-refractivity contribution is 7.91. The number of sulfonamides is 1. The van der Waals surface area contributed by atoms with Crippen LogP contribution in [0.2, 0.25) is 0 Å². The van der Waals surface area contributed by atoms with Crippen LogP contribution < -0.4 is 20.5 Å². The number of thiophene rings is 1. The third kappa shape index (κ3) is 6.01. The lowest BCUT2D eigenvalue weighted by Gasteiger charge is -2.12. The minimum atomic E-state index is -3.66. The van der Waals surface area contributed by atoms with E-state index in [9.17, 15) is 8.42 Å². The number of guanidine groups is 1. The van der Waals surface area contributed by atoms with Gasteiger partial charge in [0.25, 0.3) is 0 Å². The number of nitrogens with zero attached hydrogens (tertiary/aromatic N) is 1. The van der Waals surface area contributed by atoms with Crippen molar-refractivity contribution in [1.29, 1.82) is 0 Å². The zero-order valence-electron chi connectivity index (χ0n) is 14.9. The van der Waals surface area contributed by atoms with Crippen molar-refractivity contribution in [2.45, 2.75) is 24.1 Å². The largest absolute Gasteiger partial charge is 0.496 e. The van der Waals surface area contributed by atoms with Crippen LogP contribution in [0, 0.1) is 0 Å². The van der Waals surface area contributed by atoms with E-state index in [0.717, 1.165) is 40.5 Å². The lowest BCUT2D eigenvalue weighted by Crippen LogP contribution is -2.38. The normalized spacial score (nSPS) is 12.0. The fourth-order valence-corrected chi connectivity index (χ4v) is 4.02. The average Bonchev–Trinajstić information content (AvgIpc) is 3.09. The summed E-state index contributed by atoms with van der Waals surface area (Å²) in [5, 5.41) is 11.6. The van der Waals surface area contributed by atoms with E-state index in [-0.39, 0.29) is 4.21 Å². The van der Waals surface area contributed by atoms with Gasteiger partial charge in [-0.1, -0.05) is 18.2 Å². The maximum Gasteiger partial charge on any atom is 0.247 e. The number of methoxy groups -OCH3 is 1. The van der Waals surface area contributed by atoms with Crippen LogP contribution in [0.5, 0.6) is 5.75 Å². The van der Waals surface area contributed by atoms with Crippen LogP contribution in [-0.4, -0.2) is 34.6 Å². The van der Waals surface area contributed by atoms with Gasteiger partial charge in [0.15, 0.2) is 5.96 Å². The molecule has 1 heterocycles. The van der Waals surface area contributed by atoms with Crippen molar-refractivity contribution in [1.82, 2.24) is 10.6 Å². The standard InChI is InChI=1S/C17H24N4O3S2/c1-3-19-17(20-11-10-13-6-4-5-7-15(13)24-2)21-12-14-8-9-16(25-14)26(18,22)23/h4-9H,3,10-12H2,1-2H3,(H2,18,22,23)(H2,19,20,21). The second-order valence-corrected chi connectivity index (χ2v) is 8.41. The Kier molecular flexibility index (Phi) is 7.43. The molecule has 0 radical (unpaired) electrons. The molecule has 2 aromatic rings. The van der Waals surface area contributed by atoms with Gasteiger partial charge in [0.05, 0.1) is 13.7 Å². The van der Waals surface area contributed by atoms with Crippen LogP contribution in [0.3, 0.4) is 0 Å². The second-order valence-electron chi connectivity index (χ2n) is 5.45. The first-order valence-electron chi connectivity index (χ1n) is 8.19. The molecule has 0 saturated carbocycles. The van der Waals surface area contributed by atoms with Crippen molar-refractivity contribution >= 4 is 27.3 Å². The summed E-state index contributed by atoms with van der Waals surface area (Å²) in [5.74, 6) is 1.54. The van der Waals surface area contributed by atoms with Crippen molar-refractivity contribution in [2.75, 3.05) is 20.2 Å². The summed E-state index contributed by atoms with van der Waals surface area (Å²) in [7, 11) is -1.99. The molecule has 0 atom stereocenters. The van der Waals surface area contributed by atoms with Gasteiger partial charge in [-0.3, -0.25) is 0 Å². The Morgan fingerprint density at radius 1 is 1.23 bits per heavy atom. The van der Waals surface area contributed by atoms with E-state index in [1.807, 2.05) is 31.2 Å². The molecule has 0 aliphatic carbocycles. The van der Waals surface area contributed by atoms with E-state index in [2.05, 4.69) is 15.6 Å². The van der Waals surface area contributed by atoms with Crippen LogP contribution in [-0.2, 0) is 23.0 Å². The molecule has 0 aliphatic heterocycles. The summed E-state index contributed by atoms with van der Waals surface area (Å²) in [4.78, 5) is 5.32. The minimum Gasteiger partial charge on any atom is -0.496 e. The Bertz CT molecular complexity index is 847. The number of para-hydroxylation sites is 1. The minimum absolute atomic E-state index is 0.150. The number of nitrogens with one attached hydrogen (secondary N) is 2.